The van der Waals surface area contributed by atoms with Gasteiger partial charge in [0.15, 0.2) is 0 Å². The molecule has 3 aromatic carbocycles. The second kappa shape index (κ2) is 12.3. The Morgan fingerprint density at radius 3 is 2.18 bits per heavy atom. The molecule has 6 rings (SSSR count). The van der Waals surface area contributed by atoms with Crippen molar-refractivity contribution >= 4 is 23.3 Å². The van der Waals surface area contributed by atoms with Crippen molar-refractivity contribution in [2.24, 2.45) is 0 Å². The van der Waals surface area contributed by atoms with Crippen LogP contribution in [0.3, 0.4) is 0 Å². The van der Waals surface area contributed by atoms with E-state index in [1.54, 1.807) is 19.1 Å². The summed E-state index contributed by atoms with van der Waals surface area (Å²) < 4.78 is 13.5. The average molecular weight is 607 g/mol. The summed E-state index contributed by atoms with van der Waals surface area (Å²) in [5.41, 5.74) is 6.42. The highest BCUT2D eigenvalue weighted by Gasteiger charge is 2.41. The van der Waals surface area contributed by atoms with E-state index >= 15 is 0 Å². The predicted octanol–water partition coefficient (Wildman–Crippen LogP) is 7.87. The van der Waals surface area contributed by atoms with Crippen LogP contribution in [0.2, 0.25) is 0 Å². The summed E-state index contributed by atoms with van der Waals surface area (Å²) in [6.07, 6.45) is 3.75. The largest absolute Gasteiger partial charge is 0.497 e. The zero-order valence-corrected chi connectivity index (χ0v) is 26.9. The molecule has 2 heterocycles. The average Bonchev–Trinajstić information content (AvgIpc) is 3.76. The fourth-order valence-electron chi connectivity index (χ4n) is 6.46. The van der Waals surface area contributed by atoms with E-state index in [2.05, 4.69) is 55.8 Å². The van der Waals surface area contributed by atoms with E-state index in [0.717, 1.165) is 52.3 Å². The molecule has 1 aromatic heterocycles. The lowest BCUT2D eigenvalue weighted by atomic mass is 9.93. The molecular formula is C37H42N4O4. The Bertz CT molecular complexity index is 1690. The van der Waals surface area contributed by atoms with Gasteiger partial charge >= 0.3 is 6.03 Å². The van der Waals surface area contributed by atoms with Gasteiger partial charge in [0.1, 0.15) is 24.1 Å². The molecule has 234 valence electrons. The number of para-hydroxylation sites is 3. The van der Waals surface area contributed by atoms with Crippen LogP contribution in [-0.2, 0) is 4.79 Å². The second-order valence-corrected chi connectivity index (χ2v) is 12.5. The van der Waals surface area contributed by atoms with E-state index in [4.69, 9.17) is 9.47 Å². The van der Waals surface area contributed by atoms with Crippen molar-refractivity contribution in [2.45, 2.75) is 64.5 Å². The molecule has 0 spiro atoms. The van der Waals surface area contributed by atoms with Crippen LogP contribution in [0, 0.1) is 0 Å². The van der Waals surface area contributed by atoms with Crippen LogP contribution in [-0.4, -0.2) is 48.2 Å². The van der Waals surface area contributed by atoms with E-state index in [1.165, 1.54) is 0 Å². The molecule has 4 aromatic rings. The molecule has 8 nitrogen and oxygen atoms in total. The number of aromatic nitrogens is 1. The number of fused-ring (bicyclic) bond motifs is 3. The number of amides is 3. The molecule has 1 atom stereocenters. The Balaban J connectivity index is 1.40. The number of benzene rings is 3. The minimum absolute atomic E-state index is 0.0105. The van der Waals surface area contributed by atoms with Crippen LogP contribution in [0.15, 0.2) is 79.0 Å². The first kappa shape index (κ1) is 30.3. The minimum atomic E-state index is -0.509. The summed E-state index contributed by atoms with van der Waals surface area (Å²) in [5.74, 6) is 1.60. The third-order valence-electron chi connectivity index (χ3n) is 8.88. The molecule has 45 heavy (non-hydrogen) atoms. The van der Waals surface area contributed by atoms with Gasteiger partial charge < -0.3 is 24.3 Å². The molecule has 0 saturated heterocycles. The highest BCUT2D eigenvalue weighted by Crippen LogP contribution is 2.46. The van der Waals surface area contributed by atoms with Gasteiger partial charge in [-0.1, -0.05) is 58.0 Å². The lowest BCUT2D eigenvalue weighted by Crippen LogP contribution is -2.48. The van der Waals surface area contributed by atoms with Gasteiger partial charge in [0.05, 0.1) is 31.3 Å². The topological polar surface area (TPSA) is 76.0 Å². The van der Waals surface area contributed by atoms with E-state index < -0.39 is 6.04 Å². The fraction of sp³-hybridized carbons (Fsp3) is 0.351. The summed E-state index contributed by atoms with van der Waals surface area (Å²) in [6, 6.07) is 23.0. The molecule has 1 fully saturated rings. The van der Waals surface area contributed by atoms with E-state index in [0.29, 0.717) is 11.5 Å². The molecule has 0 radical (unpaired) electrons. The van der Waals surface area contributed by atoms with Crippen LogP contribution in [0.5, 0.6) is 11.5 Å². The maximum Gasteiger partial charge on any atom is 0.322 e. The molecule has 1 N–H and O–H groups in total. The van der Waals surface area contributed by atoms with Crippen molar-refractivity contribution in [1.82, 2.24) is 9.47 Å². The smallest absolute Gasteiger partial charge is 0.322 e. The van der Waals surface area contributed by atoms with Gasteiger partial charge in [0.2, 0.25) is 5.91 Å². The first-order chi connectivity index (χ1) is 21.7. The zero-order chi connectivity index (χ0) is 31.8. The summed E-state index contributed by atoms with van der Waals surface area (Å²) in [7, 11) is 3.26. The van der Waals surface area contributed by atoms with Crippen molar-refractivity contribution in [3.8, 4) is 17.2 Å². The van der Waals surface area contributed by atoms with Crippen molar-refractivity contribution < 1.29 is 19.1 Å². The Morgan fingerprint density at radius 2 is 1.56 bits per heavy atom. The van der Waals surface area contributed by atoms with Gasteiger partial charge in [0.25, 0.3) is 0 Å². The number of carbonyl (C=O) groups excluding carboxylic acids is 2. The predicted molar refractivity (Wildman–Crippen MR) is 178 cm³/mol. The zero-order valence-electron chi connectivity index (χ0n) is 26.9. The minimum Gasteiger partial charge on any atom is -0.497 e. The number of urea groups is 1. The van der Waals surface area contributed by atoms with Gasteiger partial charge in [-0.25, -0.2) is 4.79 Å². The van der Waals surface area contributed by atoms with Crippen LogP contribution in [0.1, 0.15) is 80.8 Å². The maximum atomic E-state index is 14.7. The summed E-state index contributed by atoms with van der Waals surface area (Å²) in [6.45, 7) is 8.47. The standard InChI is InChI=1S/C37H42N4O4/c1-23(2)27-11-9-12-28(24(3)4)35(27)38-37(43)40(25-16-17-25)22-34(42)41-31-14-8-7-13-30(31)39-20-10-15-32(39)36(41)29-21-26(44-5)18-19-33(29)45-6/h7-15,18-21,23-25,36H,16-17,22H2,1-6H3,(H,38,43). The third-order valence-corrected chi connectivity index (χ3v) is 8.88. The number of hydrogen-bond acceptors (Lipinski definition) is 4. The number of rotatable bonds is 9. The van der Waals surface area contributed by atoms with Gasteiger partial charge in [-0.15, -0.1) is 0 Å². The van der Waals surface area contributed by atoms with Crippen LogP contribution in [0.25, 0.3) is 5.69 Å². The number of hydrogen-bond donors (Lipinski definition) is 1. The number of carbonyl (C=O) groups is 2. The SMILES string of the molecule is COc1ccc(OC)c(C2c3cccn3-c3ccccc3N2C(=O)CN(C(=O)Nc2c(C(C)C)cccc2C(C)C)C2CC2)c1. The number of anilines is 2. The monoisotopic (exact) mass is 606 g/mol. The lowest BCUT2D eigenvalue weighted by molar-refractivity contribution is -0.119. The molecule has 0 bridgehead atoms. The van der Waals surface area contributed by atoms with Crippen LogP contribution in [0.4, 0.5) is 16.2 Å². The van der Waals surface area contributed by atoms with Gasteiger partial charge in [0, 0.05) is 23.5 Å². The van der Waals surface area contributed by atoms with Crippen molar-refractivity contribution in [3.05, 3.63) is 101 Å². The van der Waals surface area contributed by atoms with Crippen molar-refractivity contribution in [3.63, 3.8) is 0 Å². The summed E-state index contributed by atoms with van der Waals surface area (Å²) in [5, 5.41) is 3.25. The second-order valence-electron chi connectivity index (χ2n) is 12.5. The quantitative estimate of drug-likeness (QED) is 0.210. The van der Waals surface area contributed by atoms with Gasteiger partial charge in [-0.2, -0.15) is 0 Å². The first-order valence-electron chi connectivity index (χ1n) is 15.7. The molecule has 1 unspecified atom stereocenters. The Morgan fingerprint density at radius 1 is 0.867 bits per heavy atom. The van der Waals surface area contributed by atoms with Crippen molar-refractivity contribution in [2.75, 3.05) is 31.0 Å². The maximum absolute atomic E-state index is 14.7. The van der Waals surface area contributed by atoms with Crippen molar-refractivity contribution in [1.29, 1.82) is 0 Å². The molecule has 1 saturated carbocycles. The highest BCUT2D eigenvalue weighted by atomic mass is 16.5. The first-order valence-corrected chi connectivity index (χ1v) is 15.7. The molecule has 8 heteroatoms. The fourth-order valence-corrected chi connectivity index (χ4v) is 6.46. The van der Waals surface area contributed by atoms with E-state index in [9.17, 15) is 9.59 Å². The Hall–Kier alpha value is -4.72. The van der Waals surface area contributed by atoms with E-state index in [1.807, 2.05) is 65.7 Å². The number of ether oxygens (including phenoxy) is 2. The molecule has 3 amide bonds. The van der Waals surface area contributed by atoms with Crippen LogP contribution < -0.4 is 19.7 Å². The van der Waals surface area contributed by atoms with Gasteiger partial charge in [-0.3, -0.25) is 9.69 Å². The Labute approximate surface area is 265 Å². The number of nitrogens with one attached hydrogen (secondary N) is 1. The molecule has 2 aliphatic rings. The summed E-state index contributed by atoms with van der Waals surface area (Å²) >= 11 is 0. The number of methoxy groups -OCH3 is 2. The normalized spacial score (nSPS) is 15.5. The molecular weight excluding hydrogens is 564 g/mol. The third kappa shape index (κ3) is 5.65. The van der Waals surface area contributed by atoms with Gasteiger partial charge in [-0.05, 0) is 78.3 Å². The summed E-state index contributed by atoms with van der Waals surface area (Å²) in [4.78, 5) is 32.4. The van der Waals surface area contributed by atoms with Crippen LogP contribution >= 0.6 is 0 Å². The van der Waals surface area contributed by atoms with E-state index in [-0.39, 0.29) is 36.4 Å². The molecule has 1 aliphatic carbocycles. The Kier molecular flexibility index (Phi) is 8.32. The molecule has 1 aliphatic heterocycles. The number of nitrogens with zero attached hydrogens (tertiary/aromatic N) is 3. The lowest BCUT2D eigenvalue weighted by Gasteiger charge is -2.40. The highest BCUT2D eigenvalue weighted by molar-refractivity contribution is 6.02.